The van der Waals surface area contributed by atoms with Crippen LogP contribution in [0.25, 0.3) is 0 Å². The molecule has 3 N–H and O–H groups in total. The van der Waals surface area contributed by atoms with Crippen molar-refractivity contribution in [2.45, 2.75) is 38.3 Å². The zero-order chi connectivity index (χ0) is 16.8. The Labute approximate surface area is 141 Å². The van der Waals surface area contributed by atoms with Crippen LogP contribution in [-0.2, 0) is 11.3 Å². The topological polar surface area (TPSA) is 89.1 Å². The maximum Gasteiger partial charge on any atom is 0.224 e. The van der Waals surface area contributed by atoms with Crippen LogP contribution >= 0.6 is 0 Å². The van der Waals surface area contributed by atoms with Gasteiger partial charge in [0.25, 0.3) is 0 Å². The highest BCUT2D eigenvalue weighted by Gasteiger charge is 2.20. The van der Waals surface area contributed by atoms with Gasteiger partial charge in [0.2, 0.25) is 5.91 Å². The van der Waals surface area contributed by atoms with E-state index in [4.69, 9.17) is 5.73 Å². The summed E-state index contributed by atoms with van der Waals surface area (Å²) >= 11 is 0. The lowest BCUT2D eigenvalue weighted by Gasteiger charge is -2.21. The molecule has 3 rings (SSSR count). The van der Waals surface area contributed by atoms with Crippen LogP contribution in [0.3, 0.4) is 0 Å². The van der Waals surface area contributed by atoms with Crippen molar-refractivity contribution in [3.63, 3.8) is 0 Å². The molecule has 7 nitrogen and oxygen atoms in total. The van der Waals surface area contributed by atoms with Gasteiger partial charge in [0, 0.05) is 44.5 Å². The van der Waals surface area contributed by atoms with Crippen molar-refractivity contribution in [3.8, 4) is 0 Å². The number of nitrogen functional groups attached to an aromatic ring is 1. The number of nitrogens with one attached hydrogen (secondary N) is 1. The average Bonchev–Trinajstić information content (AvgIpc) is 3.00. The largest absolute Gasteiger partial charge is 0.384 e. The second kappa shape index (κ2) is 7.81. The molecule has 7 heteroatoms. The second-order valence-electron chi connectivity index (χ2n) is 6.14. The highest BCUT2D eigenvalue weighted by atomic mass is 16.2. The Morgan fingerprint density at radius 2 is 2.25 bits per heavy atom. The maximum atomic E-state index is 12.4. The molecule has 0 aliphatic carbocycles. The molecule has 1 amide bonds. The summed E-state index contributed by atoms with van der Waals surface area (Å²) in [6, 6.07) is 5.97. The van der Waals surface area contributed by atoms with E-state index in [1.807, 2.05) is 23.2 Å². The number of carbonyl (C=O) groups excluding carboxylic acids is 1. The Hall–Kier alpha value is -2.57. The minimum absolute atomic E-state index is 0.209. The summed E-state index contributed by atoms with van der Waals surface area (Å²) in [5.74, 6) is 0.732. The summed E-state index contributed by atoms with van der Waals surface area (Å²) in [6.07, 6.45) is 8.88. The van der Waals surface area contributed by atoms with E-state index in [-0.39, 0.29) is 5.91 Å². The molecule has 0 aromatic carbocycles. The minimum atomic E-state index is 0.209. The molecule has 1 atom stereocenters. The molecular formula is C17H24N6O. The van der Waals surface area contributed by atoms with Crippen LogP contribution in [0.15, 0.2) is 36.8 Å². The third kappa shape index (κ3) is 4.47. The number of likely N-dealkylation sites (tertiary alicyclic amines) is 1. The summed E-state index contributed by atoms with van der Waals surface area (Å²) in [4.78, 5) is 18.5. The number of nitrogens with zero attached hydrogens (tertiary/aromatic N) is 4. The number of aryl methyl sites for hydroxylation is 1. The summed E-state index contributed by atoms with van der Waals surface area (Å²) in [5, 5.41) is 7.63. The van der Waals surface area contributed by atoms with Gasteiger partial charge in [-0.2, -0.15) is 5.10 Å². The maximum absolute atomic E-state index is 12.4. The lowest BCUT2D eigenvalue weighted by Crippen LogP contribution is -2.33. The van der Waals surface area contributed by atoms with Crippen molar-refractivity contribution in [2.24, 2.45) is 0 Å². The molecule has 0 unspecified atom stereocenters. The SMILES string of the molecule is Nc1ccc(N[C@H]2CCCN(C(=O)CCn3cccn3)CC2)cn1. The van der Waals surface area contributed by atoms with E-state index in [1.54, 1.807) is 23.1 Å². The first kappa shape index (κ1) is 16.3. The molecule has 0 radical (unpaired) electrons. The molecule has 1 fully saturated rings. The van der Waals surface area contributed by atoms with Crippen LogP contribution in [0.1, 0.15) is 25.7 Å². The molecule has 1 saturated heterocycles. The Balaban J connectivity index is 1.47. The Morgan fingerprint density at radius 1 is 1.33 bits per heavy atom. The van der Waals surface area contributed by atoms with Crippen molar-refractivity contribution >= 4 is 17.4 Å². The van der Waals surface area contributed by atoms with Gasteiger partial charge < -0.3 is 16.0 Å². The van der Waals surface area contributed by atoms with Gasteiger partial charge in [-0.15, -0.1) is 0 Å². The van der Waals surface area contributed by atoms with E-state index in [1.165, 1.54) is 0 Å². The Kier molecular flexibility index (Phi) is 5.30. The van der Waals surface area contributed by atoms with Gasteiger partial charge in [0.15, 0.2) is 0 Å². The highest BCUT2D eigenvalue weighted by Crippen LogP contribution is 2.17. The predicted molar refractivity (Wildman–Crippen MR) is 93.3 cm³/mol. The molecule has 0 spiro atoms. The van der Waals surface area contributed by atoms with Gasteiger partial charge in [0.05, 0.1) is 11.9 Å². The second-order valence-corrected chi connectivity index (χ2v) is 6.14. The van der Waals surface area contributed by atoms with Gasteiger partial charge in [-0.3, -0.25) is 9.48 Å². The number of hydrogen-bond acceptors (Lipinski definition) is 5. The number of aromatic nitrogens is 3. The zero-order valence-electron chi connectivity index (χ0n) is 13.8. The van der Waals surface area contributed by atoms with Crippen molar-refractivity contribution in [1.82, 2.24) is 19.7 Å². The number of carbonyl (C=O) groups is 1. The fourth-order valence-electron chi connectivity index (χ4n) is 3.02. The quantitative estimate of drug-likeness (QED) is 0.873. The Bertz CT molecular complexity index is 640. The molecule has 2 aromatic rings. The van der Waals surface area contributed by atoms with Crippen LogP contribution in [-0.4, -0.2) is 44.7 Å². The van der Waals surface area contributed by atoms with Crippen molar-refractivity contribution in [1.29, 1.82) is 0 Å². The first-order valence-corrected chi connectivity index (χ1v) is 8.44. The standard InChI is InChI=1S/C17H24N6O/c18-16-5-4-15(13-19-16)21-14-3-1-9-22(11-6-14)17(24)7-12-23-10-2-8-20-23/h2,4-5,8,10,13-14,21H,1,3,6-7,9,11-12H2,(H2,18,19)/t14-/m0/s1. The molecule has 0 saturated carbocycles. The van der Waals surface area contributed by atoms with Crippen molar-refractivity contribution < 1.29 is 4.79 Å². The number of nitrogens with two attached hydrogens (primary N) is 1. The first-order chi connectivity index (χ1) is 11.7. The van der Waals surface area contributed by atoms with E-state index in [0.29, 0.717) is 24.8 Å². The normalized spacial score (nSPS) is 18.2. The van der Waals surface area contributed by atoms with Gasteiger partial charge in [-0.05, 0) is 37.5 Å². The first-order valence-electron chi connectivity index (χ1n) is 8.44. The van der Waals surface area contributed by atoms with Crippen molar-refractivity contribution in [3.05, 3.63) is 36.8 Å². The van der Waals surface area contributed by atoms with Crippen LogP contribution in [0.2, 0.25) is 0 Å². The van der Waals surface area contributed by atoms with Gasteiger partial charge in [0.1, 0.15) is 5.82 Å². The molecule has 128 valence electrons. The van der Waals surface area contributed by atoms with Crippen LogP contribution in [0.5, 0.6) is 0 Å². The van der Waals surface area contributed by atoms with E-state index in [9.17, 15) is 4.79 Å². The smallest absolute Gasteiger partial charge is 0.224 e. The van der Waals surface area contributed by atoms with Crippen LogP contribution in [0.4, 0.5) is 11.5 Å². The summed E-state index contributed by atoms with van der Waals surface area (Å²) in [6.45, 7) is 2.26. The third-order valence-electron chi connectivity index (χ3n) is 4.35. The monoisotopic (exact) mass is 328 g/mol. The summed E-state index contributed by atoms with van der Waals surface area (Å²) < 4.78 is 1.80. The molecule has 0 bridgehead atoms. The van der Waals surface area contributed by atoms with E-state index in [2.05, 4.69) is 15.4 Å². The minimum Gasteiger partial charge on any atom is -0.384 e. The number of amides is 1. The molecule has 1 aliphatic heterocycles. The van der Waals surface area contributed by atoms with Gasteiger partial charge >= 0.3 is 0 Å². The summed E-state index contributed by atoms with van der Waals surface area (Å²) in [5.41, 5.74) is 6.59. The molecule has 24 heavy (non-hydrogen) atoms. The number of hydrogen-bond donors (Lipinski definition) is 2. The highest BCUT2D eigenvalue weighted by molar-refractivity contribution is 5.76. The van der Waals surface area contributed by atoms with E-state index >= 15 is 0 Å². The summed E-state index contributed by atoms with van der Waals surface area (Å²) in [7, 11) is 0. The molecular weight excluding hydrogens is 304 g/mol. The van der Waals surface area contributed by atoms with E-state index in [0.717, 1.165) is 38.0 Å². The van der Waals surface area contributed by atoms with Gasteiger partial charge in [-0.25, -0.2) is 4.98 Å². The van der Waals surface area contributed by atoms with Gasteiger partial charge in [-0.1, -0.05) is 0 Å². The third-order valence-corrected chi connectivity index (χ3v) is 4.35. The lowest BCUT2D eigenvalue weighted by molar-refractivity contribution is -0.131. The number of anilines is 2. The lowest BCUT2D eigenvalue weighted by atomic mass is 10.1. The van der Waals surface area contributed by atoms with Crippen LogP contribution in [0, 0.1) is 0 Å². The Morgan fingerprint density at radius 3 is 3.00 bits per heavy atom. The van der Waals surface area contributed by atoms with Crippen LogP contribution < -0.4 is 11.1 Å². The zero-order valence-corrected chi connectivity index (χ0v) is 13.8. The average molecular weight is 328 g/mol. The fourth-order valence-corrected chi connectivity index (χ4v) is 3.02. The number of rotatable bonds is 5. The van der Waals surface area contributed by atoms with E-state index < -0.39 is 0 Å². The molecule has 1 aliphatic rings. The predicted octanol–water partition coefficient (Wildman–Crippen LogP) is 1.74. The molecule has 3 heterocycles. The van der Waals surface area contributed by atoms with Crippen molar-refractivity contribution in [2.75, 3.05) is 24.1 Å². The number of pyridine rings is 1. The fraction of sp³-hybridized carbons (Fsp3) is 0.471. The molecule has 2 aromatic heterocycles.